The fourth-order valence-electron chi connectivity index (χ4n) is 5.27. The molecule has 0 radical (unpaired) electrons. The highest BCUT2D eigenvalue weighted by atomic mass is 19.1. The first-order chi connectivity index (χ1) is 16.4. The molecule has 1 aliphatic carbocycles. The van der Waals surface area contributed by atoms with Crippen LogP contribution in [0.3, 0.4) is 0 Å². The molecule has 2 heteroatoms. The fraction of sp³-hybridized carbons (Fsp3) is 0.273. The summed E-state index contributed by atoms with van der Waals surface area (Å²) in [5, 5.41) is 0. The molecule has 0 aliphatic heterocycles. The number of fused-ring (bicyclic) bond motifs is 3. The van der Waals surface area contributed by atoms with E-state index in [9.17, 15) is 8.78 Å². The van der Waals surface area contributed by atoms with Gasteiger partial charge >= 0.3 is 0 Å². The van der Waals surface area contributed by atoms with Crippen molar-refractivity contribution >= 4 is 0 Å². The molecule has 0 fully saturated rings. The summed E-state index contributed by atoms with van der Waals surface area (Å²) in [6, 6.07) is 22.9. The predicted molar refractivity (Wildman–Crippen MR) is 143 cm³/mol. The second-order valence-electron chi connectivity index (χ2n) is 11.8. The van der Waals surface area contributed by atoms with Gasteiger partial charge in [-0.25, -0.2) is 8.78 Å². The molecule has 0 N–H and O–H groups in total. The average molecular weight is 467 g/mol. The summed E-state index contributed by atoms with van der Waals surface area (Å²) in [7, 11) is 0. The van der Waals surface area contributed by atoms with Crippen LogP contribution in [-0.4, -0.2) is 0 Å². The van der Waals surface area contributed by atoms with Crippen molar-refractivity contribution in [1.29, 1.82) is 0 Å². The highest BCUT2D eigenvalue weighted by Gasteiger charge is 2.29. The topological polar surface area (TPSA) is 0 Å². The molecule has 35 heavy (non-hydrogen) atoms. The molecular weight excluding hydrogens is 434 g/mol. The van der Waals surface area contributed by atoms with E-state index in [2.05, 4.69) is 65.8 Å². The SMILES string of the molecule is CC(C)(C)c1cc2c(cc1-c1ccc(F)cc1)Cc1cc(-c3ccc(F)cc3)c(C(C)(C)C)cc1-2. The third-order valence-electron chi connectivity index (χ3n) is 7.08. The van der Waals surface area contributed by atoms with Gasteiger partial charge in [0, 0.05) is 0 Å². The van der Waals surface area contributed by atoms with Crippen LogP contribution >= 0.6 is 0 Å². The van der Waals surface area contributed by atoms with Crippen LogP contribution in [0.5, 0.6) is 0 Å². The Morgan fingerprint density at radius 1 is 0.486 bits per heavy atom. The summed E-state index contributed by atoms with van der Waals surface area (Å²) >= 11 is 0. The van der Waals surface area contributed by atoms with Gasteiger partial charge in [-0.3, -0.25) is 0 Å². The summed E-state index contributed by atoms with van der Waals surface area (Å²) in [6.45, 7) is 13.4. The van der Waals surface area contributed by atoms with Crippen LogP contribution in [0.1, 0.15) is 63.8 Å². The van der Waals surface area contributed by atoms with E-state index in [0.29, 0.717) is 0 Å². The molecule has 0 unspecified atom stereocenters. The molecular formula is C33H32F2. The summed E-state index contributed by atoms with van der Waals surface area (Å²) < 4.78 is 27.3. The first-order valence-corrected chi connectivity index (χ1v) is 12.3. The first-order valence-electron chi connectivity index (χ1n) is 12.3. The summed E-state index contributed by atoms with van der Waals surface area (Å²) in [4.78, 5) is 0. The van der Waals surface area contributed by atoms with Gasteiger partial charge in [0.05, 0.1) is 0 Å². The standard InChI is InChI=1S/C33H32F2/c1-32(2,3)30-18-26-22(16-28(30)20-7-11-24(34)12-8-20)15-23-17-29(21-9-13-25(35)14-10-21)31(19-27(23)26)33(4,5)6/h7-14,16-19H,15H2,1-6H3. The van der Waals surface area contributed by atoms with E-state index in [1.807, 2.05) is 24.3 Å². The molecule has 178 valence electrons. The van der Waals surface area contributed by atoms with E-state index in [0.717, 1.165) is 17.5 Å². The Hall–Kier alpha value is -3.26. The van der Waals surface area contributed by atoms with Crippen LogP contribution in [0, 0.1) is 11.6 Å². The lowest BCUT2D eigenvalue weighted by molar-refractivity contribution is 0.591. The maximum absolute atomic E-state index is 13.6. The van der Waals surface area contributed by atoms with E-state index < -0.39 is 0 Å². The van der Waals surface area contributed by atoms with Gasteiger partial charge in [0.25, 0.3) is 0 Å². The van der Waals surface area contributed by atoms with E-state index in [4.69, 9.17) is 0 Å². The Balaban J connectivity index is 1.72. The van der Waals surface area contributed by atoms with Crippen molar-refractivity contribution in [3.8, 4) is 33.4 Å². The summed E-state index contributed by atoms with van der Waals surface area (Å²) in [6.07, 6.45) is 0.849. The van der Waals surface area contributed by atoms with Crippen LogP contribution in [-0.2, 0) is 17.3 Å². The minimum atomic E-state index is -0.220. The number of halogens is 2. The van der Waals surface area contributed by atoms with Crippen LogP contribution in [0.25, 0.3) is 33.4 Å². The molecule has 0 saturated heterocycles. The van der Waals surface area contributed by atoms with Crippen molar-refractivity contribution in [2.24, 2.45) is 0 Å². The van der Waals surface area contributed by atoms with Gasteiger partial charge in [-0.15, -0.1) is 0 Å². The third kappa shape index (κ3) is 4.31. The van der Waals surface area contributed by atoms with Gasteiger partial charge in [0.15, 0.2) is 0 Å². The first kappa shape index (κ1) is 23.5. The minimum absolute atomic E-state index is 0.0671. The molecule has 0 saturated carbocycles. The van der Waals surface area contributed by atoms with E-state index in [-0.39, 0.29) is 22.5 Å². The Kier molecular flexibility index (Phi) is 5.47. The Bertz CT molecular complexity index is 1300. The number of hydrogen-bond donors (Lipinski definition) is 0. The predicted octanol–water partition coefficient (Wildman–Crippen LogP) is 9.46. The second kappa shape index (κ2) is 8.16. The molecule has 4 aromatic rings. The van der Waals surface area contributed by atoms with Gasteiger partial charge in [-0.05, 0) is 121 Å². The normalized spacial score (nSPS) is 13.0. The summed E-state index contributed by atoms with van der Waals surface area (Å²) in [5.41, 5.74) is 12.0. The Morgan fingerprint density at radius 2 is 0.829 bits per heavy atom. The monoisotopic (exact) mass is 466 g/mol. The van der Waals surface area contributed by atoms with Gasteiger partial charge < -0.3 is 0 Å². The number of benzene rings is 4. The van der Waals surface area contributed by atoms with E-state index in [1.165, 1.54) is 68.8 Å². The van der Waals surface area contributed by atoms with E-state index in [1.54, 1.807) is 0 Å². The molecule has 4 aromatic carbocycles. The number of hydrogen-bond acceptors (Lipinski definition) is 0. The molecule has 0 bridgehead atoms. The van der Waals surface area contributed by atoms with Gasteiger partial charge in [-0.1, -0.05) is 65.8 Å². The van der Waals surface area contributed by atoms with Crippen LogP contribution in [0.4, 0.5) is 8.78 Å². The van der Waals surface area contributed by atoms with Crippen molar-refractivity contribution in [3.05, 3.63) is 107 Å². The lowest BCUT2D eigenvalue weighted by Crippen LogP contribution is -2.14. The second-order valence-corrected chi connectivity index (χ2v) is 11.8. The van der Waals surface area contributed by atoms with Crippen LogP contribution in [0.2, 0.25) is 0 Å². The molecule has 1 aliphatic rings. The third-order valence-corrected chi connectivity index (χ3v) is 7.08. The zero-order valence-electron chi connectivity index (χ0n) is 21.4. The van der Waals surface area contributed by atoms with Crippen molar-refractivity contribution in [2.75, 3.05) is 0 Å². The maximum Gasteiger partial charge on any atom is 0.123 e. The van der Waals surface area contributed by atoms with Gasteiger partial charge in [0.2, 0.25) is 0 Å². The van der Waals surface area contributed by atoms with Crippen LogP contribution < -0.4 is 0 Å². The quantitative estimate of drug-likeness (QED) is 0.243. The smallest absolute Gasteiger partial charge is 0.123 e. The molecule has 0 heterocycles. The molecule has 5 rings (SSSR count). The zero-order chi connectivity index (χ0) is 25.1. The fourth-order valence-corrected chi connectivity index (χ4v) is 5.27. The lowest BCUT2D eigenvalue weighted by atomic mass is 9.78. The zero-order valence-corrected chi connectivity index (χ0v) is 21.4. The minimum Gasteiger partial charge on any atom is -0.207 e. The van der Waals surface area contributed by atoms with Crippen molar-refractivity contribution in [1.82, 2.24) is 0 Å². The lowest BCUT2D eigenvalue weighted by Gasteiger charge is -2.26. The van der Waals surface area contributed by atoms with Gasteiger partial charge in [-0.2, -0.15) is 0 Å². The van der Waals surface area contributed by atoms with Crippen molar-refractivity contribution in [3.63, 3.8) is 0 Å². The average Bonchev–Trinajstić information content (AvgIpc) is 3.14. The van der Waals surface area contributed by atoms with E-state index >= 15 is 0 Å². The Morgan fingerprint density at radius 3 is 1.14 bits per heavy atom. The highest BCUT2D eigenvalue weighted by molar-refractivity contribution is 5.86. The molecule has 0 nitrogen and oxygen atoms in total. The molecule has 0 spiro atoms. The highest BCUT2D eigenvalue weighted by Crippen LogP contribution is 2.47. The molecule has 0 amide bonds. The van der Waals surface area contributed by atoms with Crippen LogP contribution in [0.15, 0.2) is 72.8 Å². The Labute approximate surface area is 207 Å². The summed E-state index contributed by atoms with van der Waals surface area (Å²) in [5.74, 6) is -0.440. The van der Waals surface area contributed by atoms with Crippen molar-refractivity contribution in [2.45, 2.75) is 58.8 Å². The van der Waals surface area contributed by atoms with Crippen molar-refractivity contribution < 1.29 is 8.78 Å². The molecule has 0 aromatic heterocycles. The van der Waals surface area contributed by atoms with Gasteiger partial charge in [0.1, 0.15) is 11.6 Å². The molecule has 0 atom stereocenters. The maximum atomic E-state index is 13.6. The largest absolute Gasteiger partial charge is 0.207 e. The number of rotatable bonds is 2.